The van der Waals surface area contributed by atoms with E-state index in [4.69, 9.17) is 34.3 Å². The van der Waals surface area contributed by atoms with Crippen LogP contribution in [0.2, 0.25) is 0 Å². The minimum Gasteiger partial charge on any atom is -0.455 e. The van der Waals surface area contributed by atoms with Crippen LogP contribution in [0, 0.1) is 0 Å². The van der Waals surface area contributed by atoms with Gasteiger partial charge < -0.3 is 22.7 Å². The van der Waals surface area contributed by atoms with E-state index < -0.39 is 0 Å². The maximum Gasteiger partial charge on any atom is 0.165 e. The van der Waals surface area contributed by atoms with E-state index in [9.17, 15) is 0 Å². The molecule has 0 radical (unpaired) electrons. The first-order valence-electron chi connectivity index (χ1n) is 46.8. The third kappa shape index (κ3) is 13.2. The zero-order valence-corrected chi connectivity index (χ0v) is 76.2. The summed E-state index contributed by atoms with van der Waals surface area (Å²) >= 11 is 3.59. The fourth-order valence-corrected chi connectivity index (χ4v) is 23.6. The monoisotopic (exact) mass is 1810 g/mol. The van der Waals surface area contributed by atoms with Crippen molar-refractivity contribution in [1.29, 1.82) is 0 Å². The second-order valence-corrected chi connectivity index (χ2v) is 37.6. The zero-order chi connectivity index (χ0) is 91.3. The highest BCUT2D eigenvalue weighted by molar-refractivity contribution is 7.26. The highest BCUT2D eigenvalue weighted by atomic mass is 32.1. The first-order chi connectivity index (χ1) is 68.9. The highest BCUT2D eigenvalue weighted by Crippen LogP contribution is 2.48. The molecule has 0 bridgehead atoms. The molecule has 0 unspecified atom stereocenters. The number of furan rings is 1. The van der Waals surface area contributed by atoms with Crippen LogP contribution in [-0.2, 0) is 0 Å². The number of benzene rings is 20. The molecule has 0 saturated heterocycles. The summed E-state index contributed by atoms with van der Waals surface area (Å²) < 4.78 is 21.1. The first kappa shape index (κ1) is 79.4. The molecular weight excluding hydrogens is 1730 g/mol. The van der Waals surface area contributed by atoms with Crippen LogP contribution in [0.15, 0.2) is 465 Å². The van der Waals surface area contributed by atoms with Gasteiger partial charge in [-0.2, -0.15) is 0 Å². The SMILES string of the molecule is c1ccc(-c2nc(-c3cccc4c3sc3ccccc34)nc(-c3cccc4c3sc3ccc(-n5c6ccccc6c6cc(-c7ccc8c(c7)c7ccccc7n8-c7ccccc7)ccc65)cc34)n2)cc1.c1ccc(-c2nc(-c3ccccc3)nc(-c3cccc(-c4cccc5c4oc4ccc(-n6c7ccccc7c7cc(-c8ccc9c(c8)c8ccccc8n9-c8ccccc8)ccc76)cc45)c3)n2)cc1. The Morgan fingerprint density at radius 2 is 0.475 bits per heavy atom. The second kappa shape index (κ2) is 32.3. The number of para-hydroxylation sites is 7. The van der Waals surface area contributed by atoms with Gasteiger partial charge in [0.05, 0.1) is 44.1 Å². The van der Waals surface area contributed by atoms with Gasteiger partial charge in [0, 0.05) is 156 Å². The van der Waals surface area contributed by atoms with Crippen LogP contribution in [0.25, 0.3) is 274 Å². The Hall–Kier alpha value is -18.1. The Bertz CT molecular complexity index is 9990. The Morgan fingerprint density at radius 1 is 0.165 bits per heavy atom. The van der Waals surface area contributed by atoms with Gasteiger partial charge in [-0.05, 0) is 186 Å². The molecule has 0 saturated carbocycles. The van der Waals surface area contributed by atoms with E-state index in [2.05, 4.69) is 400 Å². The quantitative estimate of drug-likeness (QED) is 0.113. The van der Waals surface area contributed by atoms with Gasteiger partial charge in [-0.1, -0.05) is 303 Å². The number of thiophene rings is 2. The number of hydrogen-bond acceptors (Lipinski definition) is 9. The molecule has 29 aromatic rings. The molecular formula is C126H76N10OS2. The molecule has 0 N–H and O–H groups in total. The van der Waals surface area contributed by atoms with Gasteiger partial charge in [0.15, 0.2) is 34.9 Å². The maximum atomic E-state index is 6.78. The van der Waals surface area contributed by atoms with Crippen LogP contribution < -0.4 is 0 Å². The lowest BCUT2D eigenvalue weighted by Gasteiger charge is -2.10. The van der Waals surface area contributed by atoms with Crippen molar-refractivity contribution < 1.29 is 4.42 Å². The van der Waals surface area contributed by atoms with Crippen molar-refractivity contribution in [1.82, 2.24) is 48.2 Å². The van der Waals surface area contributed by atoms with Crippen LogP contribution in [0.5, 0.6) is 0 Å². The van der Waals surface area contributed by atoms with Crippen LogP contribution in [-0.4, -0.2) is 48.2 Å². The molecule has 20 aromatic carbocycles. The molecule has 0 fully saturated rings. The Labute approximate surface area is 804 Å². The van der Waals surface area contributed by atoms with Gasteiger partial charge in [0.2, 0.25) is 0 Å². The van der Waals surface area contributed by atoms with Crippen molar-refractivity contribution in [2.45, 2.75) is 0 Å². The summed E-state index contributed by atoms with van der Waals surface area (Å²) in [5.74, 6) is 3.86. The minimum absolute atomic E-state index is 0.609. The summed E-state index contributed by atoms with van der Waals surface area (Å²) in [6, 6.07) is 164. The predicted molar refractivity (Wildman–Crippen MR) is 579 cm³/mol. The van der Waals surface area contributed by atoms with E-state index in [0.29, 0.717) is 34.9 Å². The van der Waals surface area contributed by atoms with Crippen molar-refractivity contribution in [3.8, 4) is 124 Å². The van der Waals surface area contributed by atoms with Crippen LogP contribution in [0.1, 0.15) is 0 Å². The molecule has 29 rings (SSSR count). The standard InChI is InChI=1S/C63H39N5O.C63H37N5S2/c1-4-16-40(17-5-1)61-64-62(41-18-6-2-7-19-41)66-63(65-61)45-21-14-20-44(36-45)48-26-15-27-51-54-39-47(32-35-59(54)69-60(48)51)68-56-29-13-11-25-50(56)53-38-43(31-34-58(53)68)42-30-33-57-52(37-42)49-24-10-12-28-55(49)67(57)46-22-8-3-9-23-46;1-3-15-38(16-4-1)61-64-62(48-24-13-22-46-45-21-9-12-28-57(45)69-59(46)48)66-63(65-61)49-25-14-23-47-52-37-42(31-34-58(52)70-60(47)49)68-54-27-11-8-20-44(54)51-36-40(30-33-56(51)68)39-29-32-55-50(35-39)43-19-7-10-26-53(43)67(55)41-17-5-2-6-18-41/h1-39H;1-37H. The Morgan fingerprint density at radius 3 is 0.928 bits per heavy atom. The van der Waals surface area contributed by atoms with Crippen molar-refractivity contribution in [3.63, 3.8) is 0 Å². The molecule has 9 heterocycles. The van der Waals surface area contributed by atoms with Crippen molar-refractivity contribution in [3.05, 3.63) is 461 Å². The van der Waals surface area contributed by atoms with Gasteiger partial charge >= 0.3 is 0 Å². The van der Waals surface area contributed by atoms with E-state index in [1.54, 1.807) is 22.7 Å². The second-order valence-electron chi connectivity index (χ2n) is 35.5. The minimum atomic E-state index is 0.609. The number of hydrogen-bond donors (Lipinski definition) is 0. The van der Waals surface area contributed by atoms with Crippen molar-refractivity contribution >= 4 is 172 Å². The smallest absolute Gasteiger partial charge is 0.165 e. The van der Waals surface area contributed by atoms with Gasteiger partial charge in [-0.25, -0.2) is 29.9 Å². The van der Waals surface area contributed by atoms with E-state index >= 15 is 0 Å². The maximum absolute atomic E-state index is 6.78. The predicted octanol–water partition coefficient (Wildman–Crippen LogP) is 33.8. The lowest BCUT2D eigenvalue weighted by Crippen LogP contribution is -2.00. The summed E-state index contributed by atoms with van der Waals surface area (Å²) in [6.45, 7) is 0. The van der Waals surface area contributed by atoms with Gasteiger partial charge in [-0.3, -0.25) is 0 Å². The topological polar surface area (TPSA) is 110 Å². The third-order valence-electron chi connectivity index (χ3n) is 27.5. The van der Waals surface area contributed by atoms with E-state index in [1.165, 1.54) is 134 Å². The van der Waals surface area contributed by atoms with Gasteiger partial charge in [0.1, 0.15) is 11.2 Å². The van der Waals surface area contributed by atoms with Crippen molar-refractivity contribution in [2.24, 2.45) is 0 Å². The van der Waals surface area contributed by atoms with E-state index in [1.807, 2.05) is 78.9 Å². The molecule has 13 heteroatoms. The third-order valence-corrected chi connectivity index (χ3v) is 30.0. The Balaban J connectivity index is 0.000000137. The summed E-state index contributed by atoms with van der Waals surface area (Å²) in [6.07, 6.45) is 0. The molecule has 0 aliphatic heterocycles. The fraction of sp³-hybridized carbons (Fsp3) is 0. The lowest BCUT2D eigenvalue weighted by atomic mass is 10.00. The average molecular weight is 1810 g/mol. The van der Waals surface area contributed by atoms with Crippen molar-refractivity contribution in [2.75, 3.05) is 0 Å². The molecule has 0 aliphatic rings. The molecule has 0 spiro atoms. The number of aromatic nitrogens is 10. The summed E-state index contributed by atoms with van der Waals surface area (Å²) in [4.78, 5) is 30.6. The molecule has 139 heavy (non-hydrogen) atoms. The summed E-state index contributed by atoms with van der Waals surface area (Å²) in [5, 5.41) is 16.8. The number of rotatable bonds is 13. The summed E-state index contributed by atoms with van der Waals surface area (Å²) in [5.41, 5.74) is 28.1. The molecule has 11 nitrogen and oxygen atoms in total. The van der Waals surface area contributed by atoms with Gasteiger partial charge in [0.25, 0.3) is 0 Å². The average Bonchev–Trinajstić information content (AvgIpc) is 1.57. The van der Waals surface area contributed by atoms with Crippen LogP contribution in [0.4, 0.5) is 0 Å². The highest BCUT2D eigenvalue weighted by Gasteiger charge is 2.26. The number of fused-ring (bicyclic) bond motifs is 21. The first-order valence-corrected chi connectivity index (χ1v) is 48.4. The summed E-state index contributed by atoms with van der Waals surface area (Å²) in [7, 11) is 0. The normalized spacial score (nSPS) is 11.9. The zero-order valence-electron chi connectivity index (χ0n) is 74.6. The van der Waals surface area contributed by atoms with E-state index in [-0.39, 0.29) is 0 Å². The molecule has 0 amide bonds. The largest absolute Gasteiger partial charge is 0.455 e. The lowest BCUT2D eigenvalue weighted by molar-refractivity contribution is 0.670. The van der Waals surface area contributed by atoms with E-state index in [0.717, 1.165) is 105 Å². The number of nitrogens with zero attached hydrogens (tertiary/aromatic N) is 10. The Kier molecular flexibility index (Phi) is 18.5. The van der Waals surface area contributed by atoms with Gasteiger partial charge in [-0.15, -0.1) is 22.7 Å². The molecule has 0 atom stereocenters. The molecule has 0 aliphatic carbocycles. The molecule has 648 valence electrons. The fourth-order valence-electron chi connectivity index (χ4n) is 21.2. The molecule has 9 aromatic heterocycles. The van der Waals surface area contributed by atoms with Crippen LogP contribution in [0.3, 0.4) is 0 Å². The van der Waals surface area contributed by atoms with Crippen LogP contribution >= 0.6 is 22.7 Å².